The van der Waals surface area contributed by atoms with Crippen molar-refractivity contribution in [3.63, 3.8) is 0 Å². The van der Waals surface area contributed by atoms with Crippen molar-refractivity contribution in [2.75, 3.05) is 34.0 Å². The van der Waals surface area contributed by atoms with Gasteiger partial charge >= 0.3 is 0 Å². The molecule has 3 rings (SSSR count). The lowest BCUT2D eigenvalue weighted by atomic mass is 10.0. The predicted octanol–water partition coefficient (Wildman–Crippen LogP) is 4.23. The Hall–Kier alpha value is -3.36. The summed E-state index contributed by atoms with van der Waals surface area (Å²) in [7, 11) is 3.19. The number of ether oxygens (including phenoxy) is 3. The minimum atomic E-state index is -0.813. The van der Waals surface area contributed by atoms with Crippen LogP contribution in [0.4, 0.5) is 0 Å². The van der Waals surface area contributed by atoms with Crippen molar-refractivity contribution in [3.8, 4) is 11.5 Å². The molecule has 0 radical (unpaired) electrons. The Kier molecular flexibility index (Phi) is 10.1. The zero-order chi connectivity index (χ0) is 25.0. The quantitative estimate of drug-likeness (QED) is 0.383. The number of hydrogen-bond donors (Lipinski definition) is 1. The fourth-order valence-corrected chi connectivity index (χ4v) is 4.36. The van der Waals surface area contributed by atoms with E-state index in [1.54, 1.807) is 19.1 Å². The standard InChI is InChI=1S/C27H32N2O5S/c1-4-34-23-13-9-21(10-14-23)26(27(31)28-19-20-7-11-22(33-3)12-8-20)29(15-16-32-2)25(30)18-24-6-5-17-35-24/h5-14,17,26H,4,15-16,18-19H2,1-3H3,(H,28,31). The second kappa shape index (κ2) is 13.5. The molecule has 1 unspecified atom stereocenters. The Morgan fingerprint density at radius 2 is 1.71 bits per heavy atom. The average Bonchev–Trinajstić information content (AvgIpc) is 3.39. The van der Waals surface area contributed by atoms with Crippen LogP contribution in [0, 0.1) is 0 Å². The Bertz CT molecular complexity index is 1050. The second-order valence-corrected chi connectivity index (χ2v) is 8.84. The molecular weight excluding hydrogens is 464 g/mol. The number of carbonyl (C=O) groups excluding carboxylic acids is 2. The minimum absolute atomic E-state index is 0.136. The first-order chi connectivity index (χ1) is 17.0. The van der Waals surface area contributed by atoms with Crippen molar-refractivity contribution in [2.24, 2.45) is 0 Å². The molecule has 0 saturated carbocycles. The summed E-state index contributed by atoms with van der Waals surface area (Å²) in [6.45, 7) is 3.39. The number of benzene rings is 2. The number of hydrogen-bond acceptors (Lipinski definition) is 6. The van der Waals surface area contributed by atoms with Crippen LogP contribution in [0.15, 0.2) is 66.0 Å². The Morgan fingerprint density at radius 3 is 2.31 bits per heavy atom. The van der Waals surface area contributed by atoms with E-state index in [1.807, 2.05) is 73.0 Å². The third-order valence-corrected chi connectivity index (χ3v) is 6.33. The van der Waals surface area contributed by atoms with Gasteiger partial charge in [0.25, 0.3) is 0 Å². The molecule has 1 heterocycles. The van der Waals surface area contributed by atoms with E-state index < -0.39 is 6.04 Å². The van der Waals surface area contributed by atoms with Crippen LogP contribution < -0.4 is 14.8 Å². The molecule has 0 saturated heterocycles. The van der Waals surface area contributed by atoms with Gasteiger partial charge in [-0.25, -0.2) is 0 Å². The molecule has 0 aliphatic carbocycles. The van der Waals surface area contributed by atoms with Gasteiger partial charge in [-0.3, -0.25) is 9.59 Å². The van der Waals surface area contributed by atoms with Crippen molar-refractivity contribution in [1.29, 1.82) is 0 Å². The number of carbonyl (C=O) groups is 2. The fraction of sp³-hybridized carbons (Fsp3) is 0.333. The fourth-order valence-electron chi connectivity index (χ4n) is 3.67. The van der Waals surface area contributed by atoms with Gasteiger partial charge in [0.2, 0.25) is 11.8 Å². The van der Waals surface area contributed by atoms with Crippen molar-refractivity contribution in [1.82, 2.24) is 10.2 Å². The van der Waals surface area contributed by atoms with E-state index in [-0.39, 0.29) is 24.8 Å². The summed E-state index contributed by atoms with van der Waals surface area (Å²) in [4.78, 5) is 29.5. The third-order valence-electron chi connectivity index (χ3n) is 5.45. The summed E-state index contributed by atoms with van der Waals surface area (Å²) in [5.74, 6) is 1.06. The first-order valence-electron chi connectivity index (χ1n) is 11.5. The summed E-state index contributed by atoms with van der Waals surface area (Å²) in [5, 5.41) is 4.94. The highest BCUT2D eigenvalue weighted by molar-refractivity contribution is 7.10. The van der Waals surface area contributed by atoms with Gasteiger partial charge in [-0.2, -0.15) is 0 Å². The van der Waals surface area contributed by atoms with Gasteiger partial charge in [0, 0.05) is 25.1 Å². The summed E-state index contributed by atoms with van der Waals surface area (Å²) >= 11 is 1.52. The van der Waals surface area contributed by atoms with Crippen LogP contribution in [0.5, 0.6) is 11.5 Å². The number of nitrogens with zero attached hydrogens (tertiary/aromatic N) is 1. The molecule has 186 valence electrons. The van der Waals surface area contributed by atoms with Crippen molar-refractivity contribution in [2.45, 2.75) is 25.9 Å². The SMILES string of the molecule is CCOc1ccc(C(C(=O)NCc2ccc(OC)cc2)N(CCOC)C(=O)Cc2cccs2)cc1. The molecule has 2 amide bonds. The first kappa shape index (κ1) is 26.2. The highest BCUT2D eigenvalue weighted by atomic mass is 32.1. The molecule has 0 aliphatic rings. The smallest absolute Gasteiger partial charge is 0.247 e. The third kappa shape index (κ3) is 7.56. The molecule has 8 heteroatoms. The zero-order valence-corrected chi connectivity index (χ0v) is 21.2. The molecule has 1 atom stereocenters. The second-order valence-electron chi connectivity index (χ2n) is 7.81. The van der Waals surface area contributed by atoms with Crippen LogP contribution >= 0.6 is 11.3 Å². The maximum Gasteiger partial charge on any atom is 0.247 e. The van der Waals surface area contributed by atoms with Crippen LogP contribution in [0.2, 0.25) is 0 Å². The van der Waals surface area contributed by atoms with Gasteiger partial charge in [0.1, 0.15) is 17.5 Å². The first-order valence-corrected chi connectivity index (χ1v) is 12.4. The summed E-state index contributed by atoms with van der Waals surface area (Å²) < 4.78 is 16.0. The normalized spacial score (nSPS) is 11.5. The Balaban J connectivity index is 1.87. The van der Waals surface area contributed by atoms with E-state index >= 15 is 0 Å². The molecule has 2 aromatic carbocycles. The summed E-state index contributed by atoms with van der Waals surface area (Å²) in [6.07, 6.45) is 0.223. The van der Waals surface area contributed by atoms with E-state index in [0.717, 1.165) is 16.2 Å². The maximum absolute atomic E-state index is 13.6. The number of thiophene rings is 1. The van der Waals surface area contributed by atoms with Crippen molar-refractivity contribution >= 4 is 23.2 Å². The molecule has 35 heavy (non-hydrogen) atoms. The Morgan fingerprint density at radius 1 is 1.00 bits per heavy atom. The lowest BCUT2D eigenvalue weighted by molar-refractivity contribution is -0.141. The van der Waals surface area contributed by atoms with Gasteiger partial charge < -0.3 is 24.4 Å². The minimum Gasteiger partial charge on any atom is -0.497 e. The van der Waals surface area contributed by atoms with Crippen molar-refractivity contribution in [3.05, 3.63) is 82.0 Å². The molecule has 0 spiro atoms. The van der Waals surface area contributed by atoms with Gasteiger partial charge in [-0.15, -0.1) is 11.3 Å². The molecule has 0 aliphatic heterocycles. The van der Waals surface area contributed by atoms with Crippen LogP contribution in [0.1, 0.15) is 29.0 Å². The van der Waals surface area contributed by atoms with Gasteiger partial charge in [0.05, 0.1) is 26.7 Å². The number of rotatable bonds is 13. The van der Waals surface area contributed by atoms with Gasteiger partial charge in [0.15, 0.2) is 0 Å². The van der Waals surface area contributed by atoms with Crippen LogP contribution in [-0.2, 0) is 27.3 Å². The number of methoxy groups -OCH3 is 2. The van der Waals surface area contributed by atoms with Crippen LogP contribution in [-0.4, -0.2) is 50.7 Å². The van der Waals surface area contributed by atoms with Crippen molar-refractivity contribution < 1.29 is 23.8 Å². The molecule has 7 nitrogen and oxygen atoms in total. The molecule has 1 aromatic heterocycles. The summed E-state index contributed by atoms with van der Waals surface area (Å²) in [5.41, 5.74) is 1.63. The topological polar surface area (TPSA) is 77.1 Å². The van der Waals surface area contributed by atoms with Crippen LogP contribution in [0.3, 0.4) is 0 Å². The zero-order valence-electron chi connectivity index (χ0n) is 20.4. The highest BCUT2D eigenvalue weighted by Gasteiger charge is 2.31. The summed E-state index contributed by atoms with van der Waals surface area (Å²) in [6, 6.07) is 17.8. The Labute approximate surface area is 210 Å². The lowest BCUT2D eigenvalue weighted by Gasteiger charge is -2.31. The van der Waals surface area contributed by atoms with Gasteiger partial charge in [-0.1, -0.05) is 30.3 Å². The van der Waals surface area contributed by atoms with Crippen LogP contribution in [0.25, 0.3) is 0 Å². The molecule has 0 bridgehead atoms. The van der Waals surface area contributed by atoms with E-state index in [9.17, 15) is 9.59 Å². The van der Waals surface area contributed by atoms with E-state index in [1.165, 1.54) is 11.3 Å². The molecular formula is C27H32N2O5S. The highest BCUT2D eigenvalue weighted by Crippen LogP contribution is 2.26. The largest absolute Gasteiger partial charge is 0.497 e. The van der Waals surface area contributed by atoms with E-state index in [0.29, 0.717) is 31.1 Å². The lowest BCUT2D eigenvalue weighted by Crippen LogP contribution is -2.45. The maximum atomic E-state index is 13.6. The monoisotopic (exact) mass is 496 g/mol. The van der Waals surface area contributed by atoms with Gasteiger partial charge in [-0.05, 0) is 53.8 Å². The predicted molar refractivity (Wildman–Crippen MR) is 137 cm³/mol. The molecule has 3 aromatic rings. The molecule has 1 N–H and O–H groups in total. The van der Waals surface area contributed by atoms with E-state index in [2.05, 4.69) is 5.32 Å². The number of amides is 2. The number of nitrogens with one attached hydrogen (secondary N) is 1. The van der Waals surface area contributed by atoms with E-state index in [4.69, 9.17) is 14.2 Å². The molecule has 0 fully saturated rings. The average molecular weight is 497 g/mol.